The molecule has 3 heterocycles. The van der Waals surface area contributed by atoms with E-state index < -0.39 is 11.2 Å². The summed E-state index contributed by atoms with van der Waals surface area (Å²) in [5.74, 6) is 0.484. The molecular formula is C21H22ClFN6O3. The molecule has 0 aliphatic rings. The molecule has 11 heteroatoms. The minimum Gasteiger partial charge on any atom is -0.334 e. The Balaban J connectivity index is 1.45. The third-order valence-electron chi connectivity index (χ3n) is 5.16. The van der Waals surface area contributed by atoms with E-state index in [1.807, 2.05) is 6.92 Å². The highest BCUT2D eigenvalue weighted by Gasteiger charge is 2.17. The number of aromatic nitrogens is 6. The van der Waals surface area contributed by atoms with Crippen LogP contribution in [-0.2, 0) is 19.5 Å². The van der Waals surface area contributed by atoms with Crippen molar-refractivity contribution in [3.63, 3.8) is 0 Å². The fourth-order valence-electron chi connectivity index (χ4n) is 3.47. The Kier molecular flexibility index (Phi) is 6.50. The molecule has 0 saturated carbocycles. The lowest BCUT2D eigenvalue weighted by atomic mass is 10.2. The van der Waals surface area contributed by atoms with Gasteiger partial charge in [-0.15, -0.1) is 0 Å². The number of aromatic amines is 1. The number of hydrogen-bond acceptors (Lipinski definition) is 6. The molecule has 4 aromatic rings. The molecule has 0 saturated heterocycles. The fourth-order valence-corrected chi connectivity index (χ4v) is 3.65. The van der Waals surface area contributed by atoms with E-state index >= 15 is 0 Å². The molecular weight excluding hydrogens is 439 g/mol. The molecule has 0 amide bonds. The molecule has 3 aromatic heterocycles. The fraction of sp³-hybridized carbons (Fsp3) is 0.381. The standard InChI is InChI=1S/C21H22ClFN6O3/c1-2-3-11-28-17-16(25-20(22)26-17)19(30)29(21(28)31)12-5-4-6-15-24-18(32-27-15)13-7-9-14(23)10-8-13/h7-10H,2-6,11-12H2,1H3,(H,25,26). The zero-order valence-corrected chi connectivity index (χ0v) is 18.2. The summed E-state index contributed by atoms with van der Waals surface area (Å²) in [6.45, 7) is 2.73. The van der Waals surface area contributed by atoms with E-state index in [9.17, 15) is 14.0 Å². The lowest BCUT2D eigenvalue weighted by Gasteiger charge is -2.10. The molecule has 0 aliphatic heterocycles. The SMILES string of the molecule is CCCCn1c(=O)n(CCCCc2noc(-c3ccc(F)cc3)n2)c(=O)c2[nH]c(Cl)nc21. The molecule has 1 N–H and O–H groups in total. The van der Waals surface area contributed by atoms with Crippen LogP contribution in [0.3, 0.4) is 0 Å². The summed E-state index contributed by atoms with van der Waals surface area (Å²) in [5, 5.41) is 4.02. The molecule has 0 bridgehead atoms. The molecule has 4 rings (SSSR count). The van der Waals surface area contributed by atoms with Gasteiger partial charge in [0.25, 0.3) is 11.4 Å². The van der Waals surface area contributed by atoms with Gasteiger partial charge in [0, 0.05) is 25.1 Å². The summed E-state index contributed by atoms with van der Waals surface area (Å²) in [5.41, 5.74) is 0.325. The highest BCUT2D eigenvalue weighted by atomic mass is 35.5. The van der Waals surface area contributed by atoms with E-state index in [2.05, 4.69) is 20.1 Å². The molecule has 168 valence electrons. The quantitative estimate of drug-likeness (QED) is 0.302. The van der Waals surface area contributed by atoms with Crippen LogP contribution in [0, 0.1) is 5.82 Å². The molecule has 0 radical (unpaired) electrons. The van der Waals surface area contributed by atoms with Gasteiger partial charge in [-0.2, -0.15) is 9.97 Å². The maximum Gasteiger partial charge on any atom is 0.332 e. The van der Waals surface area contributed by atoms with Crippen LogP contribution in [0.4, 0.5) is 4.39 Å². The number of aryl methyl sites for hydroxylation is 2. The molecule has 0 fully saturated rings. The number of nitrogens with one attached hydrogen (secondary N) is 1. The Morgan fingerprint density at radius 3 is 2.56 bits per heavy atom. The first-order valence-corrected chi connectivity index (χ1v) is 10.8. The van der Waals surface area contributed by atoms with Crippen LogP contribution >= 0.6 is 11.6 Å². The van der Waals surface area contributed by atoms with Crippen LogP contribution in [0.2, 0.25) is 5.28 Å². The Labute approximate surface area is 186 Å². The monoisotopic (exact) mass is 460 g/mol. The van der Waals surface area contributed by atoms with Gasteiger partial charge in [-0.1, -0.05) is 18.5 Å². The lowest BCUT2D eigenvalue weighted by molar-refractivity contribution is 0.420. The Morgan fingerprint density at radius 2 is 1.81 bits per heavy atom. The van der Waals surface area contributed by atoms with Crippen molar-refractivity contribution in [2.45, 2.75) is 52.1 Å². The summed E-state index contributed by atoms with van der Waals surface area (Å²) >= 11 is 5.94. The summed E-state index contributed by atoms with van der Waals surface area (Å²) in [7, 11) is 0. The van der Waals surface area contributed by atoms with Crippen molar-refractivity contribution in [3.8, 4) is 11.5 Å². The van der Waals surface area contributed by atoms with Crippen molar-refractivity contribution >= 4 is 22.8 Å². The van der Waals surface area contributed by atoms with E-state index in [4.69, 9.17) is 16.1 Å². The van der Waals surface area contributed by atoms with E-state index in [1.165, 1.54) is 21.3 Å². The smallest absolute Gasteiger partial charge is 0.332 e. The number of benzene rings is 1. The van der Waals surface area contributed by atoms with Gasteiger partial charge in [0.05, 0.1) is 0 Å². The summed E-state index contributed by atoms with van der Waals surface area (Å²) in [6.07, 6.45) is 3.41. The molecule has 0 aliphatic carbocycles. The molecule has 1 aromatic carbocycles. The van der Waals surface area contributed by atoms with Crippen LogP contribution in [0.15, 0.2) is 38.4 Å². The predicted molar refractivity (Wildman–Crippen MR) is 117 cm³/mol. The summed E-state index contributed by atoms with van der Waals surface area (Å²) in [4.78, 5) is 36.9. The largest absolute Gasteiger partial charge is 0.334 e. The number of fused-ring (bicyclic) bond motifs is 1. The normalized spacial score (nSPS) is 11.5. The van der Waals surface area contributed by atoms with Crippen molar-refractivity contribution in [1.29, 1.82) is 0 Å². The van der Waals surface area contributed by atoms with Crippen molar-refractivity contribution < 1.29 is 8.91 Å². The highest BCUT2D eigenvalue weighted by molar-refractivity contribution is 6.28. The maximum atomic E-state index is 13.1. The van der Waals surface area contributed by atoms with Crippen LogP contribution in [-0.4, -0.2) is 29.2 Å². The van der Waals surface area contributed by atoms with E-state index in [1.54, 1.807) is 12.1 Å². The summed E-state index contributed by atoms with van der Waals surface area (Å²) in [6, 6.07) is 5.79. The van der Waals surface area contributed by atoms with Gasteiger partial charge in [0.15, 0.2) is 17.0 Å². The second-order valence-corrected chi connectivity index (χ2v) is 7.81. The topological polar surface area (TPSA) is 112 Å². The Hall–Kier alpha value is -3.27. The zero-order chi connectivity index (χ0) is 22.7. The van der Waals surface area contributed by atoms with Crippen LogP contribution in [0.1, 0.15) is 38.4 Å². The lowest BCUT2D eigenvalue weighted by Crippen LogP contribution is -2.40. The summed E-state index contributed by atoms with van der Waals surface area (Å²) < 4.78 is 21.0. The van der Waals surface area contributed by atoms with Gasteiger partial charge < -0.3 is 9.51 Å². The minimum atomic E-state index is -0.435. The van der Waals surface area contributed by atoms with Gasteiger partial charge in [0.2, 0.25) is 5.28 Å². The van der Waals surface area contributed by atoms with E-state index in [0.29, 0.717) is 43.1 Å². The van der Waals surface area contributed by atoms with Crippen molar-refractivity contribution in [2.75, 3.05) is 0 Å². The van der Waals surface area contributed by atoms with Gasteiger partial charge in [0.1, 0.15) is 5.82 Å². The average Bonchev–Trinajstić information content (AvgIpc) is 3.40. The third kappa shape index (κ3) is 4.50. The molecule has 32 heavy (non-hydrogen) atoms. The Bertz CT molecular complexity index is 1340. The third-order valence-corrected chi connectivity index (χ3v) is 5.34. The van der Waals surface area contributed by atoms with Crippen molar-refractivity contribution in [1.82, 2.24) is 29.2 Å². The van der Waals surface area contributed by atoms with Gasteiger partial charge in [-0.3, -0.25) is 13.9 Å². The van der Waals surface area contributed by atoms with Gasteiger partial charge in [-0.05, 0) is 55.1 Å². The van der Waals surface area contributed by atoms with E-state index in [0.717, 1.165) is 12.8 Å². The highest BCUT2D eigenvalue weighted by Crippen LogP contribution is 2.18. The number of H-pyrrole nitrogens is 1. The van der Waals surface area contributed by atoms with Gasteiger partial charge in [-0.25, -0.2) is 9.18 Å². The average molecular weight is 461 g/mol. The second-order valence-electron chi connectivity index (χ2n) is 7.45. The molecule has 0 spiro atoms. The Morgan fingerprint density at radius 1 is 1.06 bits per heavy atom. The first kappa shape index (κ1) is 21.9. The first-order chi connectivity index (χ1) is 15.5. The molecule has 0 atom stereocenters. The second kappa shape index (κ2) is 9.47. The molecule has 0 unspecified atom stereocenters. The molecule has 9 nitrogen and oxygen atoms in total. The number of rotatable bonds is 9. The van der Waals surface area contributed by atoms with Crippen LogP contribution < -0.4 is 11.2 Å². The number of imidazole rings is 1. The van der Waals surface area contributed by atoms with Crippen LogP contribution in [0.25, 0.3) is 22.6 Å². The van der Waals surface area contributed by atoms with Crippen LogP contribution in [0.5, 0.6) is 0 Å². The maximum absolute atomic E-state index is 13.1. The number of nitrogens with zero attached hydrogens (tertiary/aromatic N) is 5. The zero-order valence-electron chi connectivity index (χ0n) is 17.5. The van der Waals surface area contributed by atoms with Crippen molar-refractivity contribution in [2.24, 2.45) is 0 Å². The van der Waals surface area contributed by atoms with Crippen molar-refractivity contribution in [3.05, 3.63) is 62.0 Å². The number of halogens is 2. The first-order valence-electron chi connectivity index (χ1n) is 10.4. The van der Waals surface area contributed by atoms with Gasteiger partial charge >= 0.3 is 5.69 Å². The number of hydrogen-bond donors (Lipinski definition) is 1. The van der Waals surface area contributed by atoms with E-state index in [-0.39, 0.29) is 28.8 Å². The predicted octanol–water partition coefficient (Wildman–Crippen LogP) is 3.55. The number of unbranched alkanes of at least 4 members (excludes halogenated alkanes) is 2. The minimum absolute atomic E-state index is 0.0774.